The first-order chi connectivity index (χ1) is 9.97. The minimum atomic E-state index is -1.44. The first kappa shape index (κ1) is 14.4. The summed E-state index contributed by atoms with van der Waals surface area (Å²) in [7, 11) is 2.89. The van der Waals surface area contributed by atoms with E-state index >= 15 is 0 Å². The van der Waals surface area contributed by atoms with Gasteiger partial charge in [0.05, 0.1) is 19.9 Å². The van der Waals surface area contributed by atoms with E-state index in [-0.39, 0.29) is 5.69 Å². The number of rotatable bonds is 4. The largest absolute Gasteiger partial charge is 0.505 e. The van der Waals surface area contributed by atoms with Gasteiger partial charge in [-0.3, -0.25) is 4.79 Å². The average Bonchev–Trinajstić information content (AvgIpc) is 2.46. The number of aromatic carboxylic acids is 1. The van der Waals surface area contributed by atoms with E-state index in [2.05, 4.69) is 5.10 Å². The van der Waals surface area contributed by atoms with Crippen LogP contribution in [0.1, 0.15) is 10.5 Å². The highest BCUT2D eigenvalue weighted by molar-refractivity contribution is 5.88. The molecule has 0 fully saturated rings. The highest BCUT2D eigenvalue weighted by atomic mass is 16.5. The molecule has 8 heteroatoms. The number of ether oxygens (including phenoxy) is 2. The monoisotopic (exact) mass is 292 g/mol. The van der Waals surface area contributed by atoms with Crippen LogP contribution in [0.2, 0.25) is 0 Å². The van der Waals surface area contributed by atoms with Crippen LogP contribution in [0.15, 0.2) is 29.1 Å². The van der Waals surface area contributed by atoms with Crippen molar-refractivity contribution < 1.29 is 24.5 Å². The lowest BCUT2D eigenvalue weighted by Crippen LogP contribution is -2.23. The van der Waals surface area contributed by atoms with Gasteiger partial charge in [0, 0.05) is 12.1 Å². The van der Waals surface area contributed by atoms with Crippen LogP contribution in [0, 0.1) is 0 Å². The summed E-state index contributed by atoms with van der Waals surface area (Å²) in [6.07, 6.45) is 0. The summed E-state index contributed by atoms with van der Waals surface area (Å²) in [4.78, 5) is 22.8. The maximum absolute atomic E-state index is 11.8. The molecule has 2 rings (SSSR count). The molecule has 0 bridgehead atoms. The van der Waals surface area contributed by atoms with Crippen LogP contribution in [0.4, 0.5) is 0 Å². The van der Waals surface area contributed by atoms with E-state index in [9.17, 15) is 14.7 Å². The van der Waals surface area contributed by atoms with E-state index < -0.39 is 23.0 Å². The molecule has 2 aromatic rings. The van der Waals surface area contributed by atoms with Gasteiger partial charge in [-0.15, -0.1) is 0 Å². The molecule has 0 saturated heterocycles. The molecule has 0 aliphatic rings. The number of methoxy groups -OCH3 is 2. The lowest BCUT2D eigenvalue weighted by Gasteiger charge is -2.11. The van der Waals surface area contributed by atoms with Gasteiger partial charge in [0.15, 0.2) is 17.2 Å². The Bertz CT molecular complexity index is 753. The average molecular weight is 292 g/mol. The van der Waals surface area contributed by atoms with Gasteiger partial charge in [-0.25, -0.2) is 4.79 Å². The number of hydrogen-bond acceptors (Lipinski definition) is 6. The molecule has 2 N–H and O–H groups in total. The van der Waals surface area contributed by atoms with Crippen LogP contribution in [0.3, 0.4) is 0 Å². The second-order valence-corrected chi connectivity index (χ2v) is 3.97. The van der Waals surface area contributed by atoms with E-state index in [0.717, 1.165) is 10.7 Å². The van der Waals surface area contributed by atoms with Crippen molar-refractivity contribution in [2.45, 2.75) is 0 Å². The topological polar surface area (TPSA) is 111 Å². The highest BCUT2D eigenvalue weighted by Gasteiger charge is 2.16. The van der Waals surface area contributed by atoms with Crippen LogP contribution in [0.5, 0.6) is 17.2 Å². The number of carboxylic acids is 1. The molecule has 0 aliphatic heterocycles. The number of benzene rings is 1. The second kappa shape index (κ2) is 5.53. The van der Waals surface area contributed by atoms with Crippen LogP contribution in [-0.2, 0) is 0 Å². The highest BCUT2D eigenvalue weighted by Crippen LogP contribution is 2.28. The Labute approximate surface area is 118 Å². The minimum Gasteiger partial charge on any atom is -0.505 e. The zero-order valence-corrected chi connectivity index (χ0v) is 11.2. The first-order valence-electron chi connectivity index (χ1n) is 5.77. The van der Waals surface area contributed by atoms with Crippen LogP contribution >= 0.6 is 0 Å². The Morgan fingerprint density at radius 3 is 2.43 bits per heavy atom. The van der Waals surface area contributed by atoms with E-state index in [1.807, 2.05) is 0 Å². The summed E-state index contributed by atoms with van der Waals surface area (Å²) in [6.45, 7) is 0. The van der Waals surface area contributed by atoms with Crippen molar-refractivity contribution in [1.29, 1.82) is 0 Å². The van der Waals surface area contributed by atoms with Gasteiger partial charge in [-0.2, -0.15) is 9.78 Å². The molecule has 0 radical (unpaired) electrons. The standard InChI is InChI=1S/C13H12N2O6/c1-20-9-4-3-7(5-10(9)21-2)15-11(17)6-8(16)12(14-15)13(18)19/h3-6,16H,1-2H3,(H,18,19). The molecule has 1 aromatic carbocycles. The zero-order valence-electron chi connectivity index (χ0n) is 11.2. The maximum Gasteiger partial charge on any atom is 0.360 e. The summed E-state index contributed by atoms with van der Waals surface area (Å²) in [5, 5.41) is 22.0. The molecule has 0 saturated carbocycles. The van der Waals surface area contributed by atoms with Crippen LogP contribution in [-0.4, -0.2) is 40.2 Å². The number of aromatic hydroxyl groups is 1. The third-order valence-electron chi connectivity index (χ3n) is 2.73. The molecule has 1 aromatic heterocycles. The van der Waals surface area contributed by atoms with E-state index in [0.29, 0.717) is 11.5 Å². The van der Waals surface area contributed by atoms with E-state index in [1.165, 1.54) is 26.4 Å². The summed E-state index contributed by atoms with van der Waals surface area (Å²) in [5.41, 5.74) is -1.02. The minimum absolute atomic E-state index is 0.278. The van der Waals surface area contributed by atoms with Gasteiger partial charge in [-0.05, 0) is 12.1 Å². The summed E-state index contributed by atoms with van der Waals surface area (Å²) >= 11 is 0. The molecule has 1 heterocycles. The van der Waals surface area contributed by atoms with Crippen LogP contribution < -0.4 is 15.0 Å². The Morgan fingerprint density at radius 1 is 1.19 bits per heavy atom. The number of hydrogen-bond donors (Lipinski definition) is 2. The van der Waals surface area contributed by atoms with Crippen molar-refractivity contribution in [3.8, 4) is 22.9 Å². The van der Waals surface area contributed by atoms with Gasteiger partial charge in [0.2, 0.25) is 5.69 Å². The number of carboxylic acid groups (broad SMARTS) is 1. The van der Waals surface area contributed by atoms with Crippen molar-refractivity contribution in [3.63, 3.8) is 0 Å². The Kier molecular flexibility index (Phi) is 3.79. The predicted molar refractivity (Wildman–Crippen MR) is 71.6 cm³/mol. The second-order valence-electron chi connectivity index (χ2n) is 3.97. The number of aromatic nitrogens is 2. The third kappa shape index (κ3) is 2.64. The summed E-state index contributed by atoms with van der Waals surface area (Å²) in [5.74, 6) is -1.33. The third-order valence-corrected chi connectivity index (χ3v) is 2.73. The lowest BCUT2D eigenvalue weighted by atomic mass is 10.2. The molecular formula is C13H12N2O6. The molecule has 0 atom stereocenters. The lowest BCUT2D eigenvalue weighted by molar-refractivity contribution is 0.0684. The molecule has 0 spiro atoms. The smallest absolute Gasteiger partial charge is 0.360 e. The van der Waals surface area contributed by atoms with Crippen molar-refractivity contribution >= 4 is 5.97 Å². The van der Waals surface area contributed by atoms with Crippen molar-refractivity contribution in [2.75, 3.05) is 14.2 Å². The number of nitrogens with zero attached hydrogens (tertiary/aromatic N) is 2. The fourth-order valence-electron chi connectivity index (χ4n) is 1.74. The van der Waals surface area contributed by atoms with Crippen molar-refractivity contribution in [2.24, 2.45) is 0 Å². The fraction of sp³-hybridized carbons (Fsp3) is 0.154. The van der Waals surface area contributed by atoms with Gasteiger partial charge in [-0.1, -0.05) is 0 Å². The molecule has 0 unspecified atom stereocenters. The summed E-state index contributed by atoms with van der Waals surface area (Å²) < 4.78 is 11.0. The molecule has 8 nitrogen and oxygen atoms in total. The summed E-state index contributed by atoms with van der Waals surface area (Å²) in [6, 6.07) is 5.32. The molecule has 110 valence electrons. The van der Waals surface area contributed by atoms with Crippen molar-refractivity contribution in [3.05, 3.63) is 40.3 Å². The quantitative estimate of drug-likeness (QED) is 0.851. The van der Waals surface area contributed by atoms with Gasteiger partial charge < -0.3 is 19.7 Å². The first-order valence-corrected chi connectivity index (χ1v) is 5.77. The van der Waals surface area contributed by atoms with E-state index in [4.69, 9.17) is 14.6 Å². The Hall–Kier alpha value is -3.03. The van der Waals surface area contributed by atoms with E-state index in [1.54, 1.807) is 6.07 Å². The van der Waals surface area contributed by atoms with Gasteiger partial charge in [0.25, 0.3) is 5.56 Å². The molecular weight excluding hydrogens is 280 g/mol. The predicted octanol–water partition coefficient (Wildman–Crippen LogP) is 0.653. The molecule has 0 aliphatic carbocycles. The van der Waals surface area contributed by atoms with Crippen LogP contribution in [0.25, 0.3) is 5.69 Å². The Balaban J connectivity index is 2.64. The molecule has 21 heavy (non-hydrogen) atoms. The number of carbonyl (C=O) groups is 1. The van der Waals surface area contributed by atoms with Gasteiger partial charge in [0.1, 0.15) is 0 Å². The van der Waals surface area contributed by atoms with Crippen molar-refractivity contribution in [1.82, 2.24) is 9.78 Å². The van der Waals surface area contributed by atoms with Gasteiger partial charge >= 0.3 is 5.97 Å². The maximum atomic E-state index is 11.8. The SMILES string of the molecule is COc1ccc(-n2nc(C(=O)O)c(O)cc2=O)cc1OC. The normalized spacial score (nSPS) is 10.2. The molecule has 0 amide bonds. The zero-order chi connectivity index (χ0) is 15.6. The Morgan fingerprint density at radius 2 is 1.86 bits per heavy atom. The fourth-order valence-corrected chi connectivity index (χ4v) is 1.74.